The monoisotopic (exact) mass is 265 g/mol. The lowest BCUT2D eigenvalue weighted by Crippen LogP contribution is -2.19. The summed E-state index contributed by atoms with van der Waals surface area (Å²) < 4.78 is 13.1. The summed E-state index contributed by atoms with van der Waals surface area (Å²) in [6.45, 7) is 0.524. The van der Waals surface area contributed by atoms with Crippen LogP contribution in [0.4, 0.5) is 15.9 Å². The minimum absolute atomic E-state index is 0.252. The molecule has 0 amide bonds. The smallest absolute Gasteiger partial charge is 0.151 e. The average Bonchev–Trinajstić information content (AvgIpc) is 2.28. The summed E-state index contributed by atoms with van der Waals surface area (Å²) in [5.74, 6) is 0.376. The zero-order valence-electron chi connectivity index (χ0n) is 9.90. The Bertz CT molecular complexity index is 560. The molecule has 2 N–H and O–H groups in total. The number of halogens is 2. The van der Waals surface area contributed by atoms with Gasteiger partial charge < -0.3 is 10.6 Å². The molecule has 0 radical (unpaired) electrons. The van der Waals surface area contributed by atoms with Crippen molar-refractivity contribution in [3.8, 4) is 0 Å². The first-order valence-electron chi connectivity index (χ1n) is 5.43. The van der Waals surface area contributed by atoms with Crippen LogP contribution in [-0.4, -0.2) is 12.0 Å². The molecular formula is C13H13ClFN3. The van der Waals surface area contributed by atoms with Gasteiger partial charge in [0.2, 0.25) is 0 Å². The van der Waals surface area contributed by atoms with E-state index >= 15 is 0 Å². The van der Waals surface area contributed by atoms with E-state index in [9.17, 15) is 4.39 Å². The van der Waals surface area contributed by atoms with E-state index in [1.165, 1.54) is 18.3 Å². The second-order valence-electron chi connectivity index (χ2n) is 4.05. The second-order valence-corrected chi connectivity index (χ2v) is 4.49. The molecule has 2 aromatic rings. The molecular weight excluding hydrogens is 253 g/mol. The molecule has 0 aliphatic heterocycles. The normalized spacial score (nSPS) is 10.4. The van der Waals surface area contributed by atoms with E-state index < -0.39 is 0 Å². The summed E-state index contributed by atoms with van der Waals surface area (Å²) in [6.07, 6.45) is 1.54. The van der Waals surface area contributed by atoms with Crippen molar-refractivity contribution in [2.45, 2.75) is 6.54 Å². The minimum Gasteiger partial charge on any atom is -0.396 e. The van der Waals surface area contributed by atoms with Crippen molar-refractivity contribution in [2.75, 3.05) is 17.7 Å². The van der Waals surface area contributed by atoms with Gasteiger partial charge in [0.1, 0.15) is 5.82 Å². The van der Waals surface area contributed by atoms with E-state index in [1.54, 1.807) is 12.1 Å². The summed E-state index contributed by atoms with van der Waals surface area (Å²) in [7, 11) is 1.84. The SMILES string of the molecule is CN(Cc1cccc(F)c1)c1ncc(Cl)cc1N. The van der Waals surface area contributed by atoms with E-state index in [4.69, 9.17) is 17.3 Å². The van der Waals surface area contributed by atoms with Crippen LogP contribution in [0.15, 0.2) is 36.5 Å². The highest BCUT2D eigenvalue weighted by atomic mass is 35.5. The molecule has 0 aliphatic rings. The minimum atomic E-state index is -0.252. The van der Waals surface area contributed by atoms with Gasteiger partial charge in [-0.1, -0.05) is 23.7 Å². The number of anilines is 2. The molecule has 0 saturated heterocycles. The molecule has 1 aromatic carbocycles. The fraction of sp³-hybridized carbons (Fsp3) is 0.154. The maximum atomic E-state index is 13.1. The zero-order valence-corrected chi connectivity index (χ0v) is 10.7. The van der Waals surface area contributed by atoms with Gasteiger partial charge in [0.05, 0.1) is 10.7 Å². The van der Waals surface area contributed by atoms with E-state index in [1.807, 2.05) is 18.0 Å². The van der Waals surface area contributed by atoms with Crippen LogP contribution in [0.2, 0.25) is 5.02 Å². The Morgan fingerprint density at radius 3 is 2.83 bits per heavy atom. The van der Waals surface area contributed by atoms with E-state index in [0.29, 0.717) is 23.1 Å². The van der Waals surface area contributed by atoms with E-state index in [0.717, 1.165) is 5.56 Å². The van der Waals surface area contributed by atoms with E-state index in [2.05, 4.69) is 4.98 Å². The molecule has 0 atom stereocenters. The Labute approximate surface area is 110 Å². The van der Waals surface area contributed by atoms with Crippen molar-refractivity contribution in [1.82, 2.24) is 4.98 Å². The summed E-state index contributed by atoms with van der Waals surface area (Å²) in [4.78, 5) is 6.02. The fourth-order valence-electron chi connectivity index (χ4n) is 1.75. The molecule has 0 saturated carbocycles. The number of hydrogen-bond acceptors (Lipinski definition) is 3. The Balaban J connectivity index is 2.19. The van der Waals surface area contributed by atoms with Crippen molar-refractivity contribution >= 4 is 23.1 Å². The highest BCUT2D eigenvalue weighted by Gasteiger charge is 2.08. The highest BCUT2D eigenvalue weighted by Crippen LogP contribution is 2.23. The number of rotatable bonds is 3. The maximum Gasteiger partial charge on any atom is 0.151 e. The number of aromatic nitrogens is 1. The van der Waals surface area contributed by atoms with Gasteiger partial charge in [0.15, 0.2) is 5.82 Å². The Morgan fingerprint density at radius 1 is 1.39 bits per heavy atom. The van der Waals surface area contributed by atoms with Crippen LogP contribution in [0.3, 0.4) is 0 Å². The van der Waals surface area contributed by atoms with Crippen molar-refractivity contribution in [3.63, 3.8) is 0 Å². The molecule has 5 heteroatoms. The number of pyridine rings is 1. The van der Waals surface area contributed by atoms with Gasteiger partial charge >= 0.3 is 0 Å². The Hall–Kier alpha value is -1.81. The summed E-state index contributed by atoms with van der Waals surface area (Å²) in [6, 6.07) is 8.08. The summed E-state index contributed by atoms with van der Waals surface area (Å²) in [5.41, 5.74) is 7.20. The van der Waals surface area contributed by atoms with Gasteiger partial charge in [-0.15, -0.1) is 0 Å². The predicted molar refractivity (Wildman–Crippen MR) is 72.2 cm³/mol. The maximum absolute atomic E-state index is 13.1. The van der Waals surface area contributed by atoms with Gasteiger partial charge in [-0.2, -0.15) is 0 Å². The first kappa shape index (κ1) is 12.6. The van der Waals surface area contributed by atoms with Gasteiger partial charge in [-0.25, -0.2) is 9.37 Å². The van der Waals surface area contributed by atoms with Crippen LogP contribution in [0.25, 0.3) is 0 Å². The third-order valence-corrected chi connectivity index (χ3v) is 2.74. The van der Waals surface area contributed by atoms with Crippen LogP contribution in [0, 0.1) is 5.82 Å². The molecule has 0 fully saturated rings. The number of nitrogens with two attached hydrogens (primary N) is 1. The molecule has 1 aromatic heterocycles. The lowest BCUT2D eigenvalue weighted by Gasteiger charge is -2.19. The Morgan fingerprint density at radius 2 is 2.17 bits per heavy atom. The molecule has 94 valence electrons. The van der Waals surface area contributed by atoms with Crippen LogP contribution in [0.1, 0.15) is 5.56 Å². The molecule has 18 heavy (non-hydrogen) atoms. The molecule has 3 nitrogen and oxygen atoms in total. The van der Waals surface area contributed by atoms with Crippen molar-refractivity contribution in [3.05, 3.63) is 52.9 Å². The van der Waals surface area contributed by atoms with Gasteiger partial charge in [-0.3, -0.25) is 0 Å². The van der Waals surface area contributed by atoms with Crippen LogP contribution < -0.4 is 10.6 Å². The second kappa shape index (κ2) is 5.23. The highest BCUT2D eigenvalue weighted by molar-refractivity contribution is 6.30. The van der Waals surface area contributed by atoms with Gasteiger partial charge in [0, 0.05) is 19.8 Å². The zero-order chi connectivity index (χ0) is 13.1. The quantitative estimate of drug-likeness (QED) is 0.927. The molecule has 1 heterocycles. The fourth-order valence-corrected chi connectivity index (χ4v) is 1.92. The first-order chi connectivity index (χ1) is 8.56. The lowest BCUT2D eigenvalue weighted by molar-refractivity contribution is 0.625. The topological polar surface area (TPSA) is 42.2 Å². The Kier molecular flexibility index (Phi) is 3.67. The third-order valence-electron chi connectivity index (χ3n) is 2.53. The molecule has 0 unspecified atom stereocenters. The number of hydrogen-bond donors (Lipinski definition) is 1. The van der Waals surface area contributed by atoms with Crippen LogP contribution >= 0.6 is 11.6 Å². The van der Waals surface area contributed by atoms with Crippen molar-refractivity contribution in [1.29, 1.82) is 0 Å². The average molecular weight is 266 g/mol. The largest absolute Gasteiger partial charge is 0.396 e. The first-order valence-corrected chi connectivity index (χ1v) is 5.80. The number of nitrogen functional groups attached to an aromatic ring is 1. The third kappa shape index (κ3) is 2.90. The van der Waals surface area contributed by atoms with Gasteiger partial charge in [-0.05, 0) is 23.8 Å². The van der Waals surface area contributed by atoms with Crippen molar-refractivity contribution < 1.29 is 4.39 Å². The number of benzene rings is 1. The summed E-state index contributed by atoms with van der Waals surface area (Å²) >= 11 is 5.79. The molecule has 0 spiro atoms. The van der Waals surface area contributed by atoms with Crippen molar-refractivity contribution in [2.24, 2.45) is 0 Å². The number of nitrogens with zero attached hydrogens (tertiary/aromatic N) is 2. The molecule has 0 aliphatic carbocycles. The summed E-state index contributed by atoms with van der Waals surface area (Å²) in [5, 5.41) is 0.496. The van der Waals surface area contributed by atoms with Gasteiger partial charge in [0.25, 0.3) is 0 Å². The lowest BCUT2D eigenvalue weighted by atomic mass is 10.2. The molecule has 2 rings (SSSR count). The van der Waals surface area contributed by atoms with E-state index in [-0.39, 0.29) is 5.82 Å². The standard InChI is InChI=1S/C13H13ClFN3/c1-18(8-9-3-2-4-11(15)5-9)13-12(16)6-10(14)7-17-13/h2-7H,8,16H2,1H3. The van der Waals surface area contributed by atoms with Crippen LogP contribution in [0.5, 0.6) is 0 Å². The predicted octanol–water partition coefficient (Wildman–Crippen LogP) is 3.09. The van der Waals surface area contributed by atoms with Crippen LogP contribution in [-0.2, 0) is 6.54 Å². The molecule has 0 bridgehead atoms.